The normalized spacial score (nSPS) is 11.1. The molecule has 2 aromatic rings. The van der Waals surface area contributed by atoms with Crippen molar-refractivity contribution in [1.29, 1.82) is 0 Å². The second-order valence-corrected chi connectivity index (χ2v) is 7.42. The first kappa shape index (κ1) is 20.5. The Labute approximate surface area is 157 Å². The standard InChI is InChI=1S/C18H21NO7S/c1-6-25-18(21)16-15(11(3)20)12(4)26-17(16)19-27(22,23)14-9-10(2)7-8-13(14)24-5/h7-9,19H,6H2,1-5H3. The number of anilines is 1. The Morgan fingerprint density at radius 1 is 1.19 bits per heavy atom. The van der Waals surface area contributed by atoms with Crippen LogP contribution in [0.1, 0.15) is 45.9 Å². The fourth-order valence-electron chi connectivity index (χ4n) is 2.61. The lowest BCUT2D eigenvalue weighted by atomic mass is 10.1. The zero-order valence-electron chi connectivity index (χ0n) is 15.7. The molecule has 0 aliphatic heterocycles. The number of sulfonamides is 1. The summed E-state index contributed by atoms with van der Waals surface area (Å²) in [7, 11) is -2.82. The van der Waals surface area contributed by atoms with E-state index in [1.54, 1.807) is 19.9 Å². The van der Waals surface area contributed by atoms with Crippen LogP contribution < -0.4 is 9.46 Å². The van der Waals surface area contributed by atoms with Crippen LogP contribution in [0.4, 0.5) is 5.88 Å². The van der Waals surface area contributed by atoms with E-state index in [1.165, 1.54) is 33.1 Å². The highest BCUT2D eigenvalue weighted by molar-refractivity contribution is 7.92. The third-order valence-corrected chi connectivity index (χ3v) is 5.10. The van der Waals surface area contributed by atoms with E-state index in [9.17, 15) is 18.0 Å². The van der Waals surface area contributed by atoms with E-state index in [1.807, 2.05) is 0 Å². The zero-order chi connectivity index (χ0) is 20.4. The van der Waals surface area contributed by atoms with Crippen LogP contribution in [0, 0.1) is 13.8 Å². The minimum atomic E-state index is -4.17. The van der Waals surface area contributed by atoms with Gasteiger partial charge >= 0.3 is 5.97 Å². The number of ketones is 1. The highest BCUT2D eigenvalue weighted by Gasteiger charge is 2.31. The first-order valence-corrected chi connectivity index (χ1v) is 9.59. The van der Waals surface area contributed by atoms with Crippen LogP contribution >= 0.6 is 0 Å². The number of methoxy groups -OCH3 is 1. The highest BCUT2D eigenvalue weighted by atomic mass is 32.2. The molecule has 0 atom stereocenters. The number of aryl methyl sites for hydroxylation is 2. The molecule has 0 fully saturated rings. The van der Waals surface area contributed by atoms with Crippen molar-refractivity contribution in [1.82, 2.24) is 0 Å². The van der Waals surface area contributed by atoms with E-state index in [0.29, 0.717) is 5.56 Å². The van der Waals surface area contributed by atoms with Crippen molar-refractivity contribution in [2.75, 3.05) is 18.4 Å². The molecule has 1 N–H and O–H groups in total. The van der Waals surface area contributed by atoms with Gasteiger partial charge in [0.2, 0.25) is 5.88 Å². The number of rotatable bonds is 7. The number of hydrogen-bond acceptors (Lipinski definition) is 7. The zero-order valence-corrected chi connectivity index (χ0v) is 16.5. The van der Waals surface area contributed by atoms with Crippen LogP contribution in [0.15, 0.2) is 27.5 Å². The number of nitrogens with one attached hydrogen (secondary N) is 1. The molecule has 0 saturated heterocycles. The predicted octanol–water partition coefficient (Wildman–Crippen LogP) is 3.09. The van der Waals surface area contributed by atoms with E-state index in [-0.39, 0.29) is 40.0 Å². The molecule has 0 bridgehead atoms. The Kier molecular flexibility index (Phi) is 5.94. The van der Waals surface area contributed by atoms with E-state index in [2.05, 4.69) is 4.72 Å². The van der Waals surface area contributed by atoms with Crippen molar-refractivity contribution in [2.45, 2.75) is 32.6 Å². The van der Waals surface area contributed by atoms with Crippen molar-refractivity contribution in [3.05, 3.63) is 40.6 Å². The van der Waals surface area contributed by atoms with Crippen molar-refractivity contribution in [2.24, 2.45) is 0 Å². The molecule has 0 spiro atoms. The van der Waals surface area contributed by atoms with Crippen LogP contribution in [-0.4, -0.2) is 33.9 Å². The summed E-state index contributed by atoms with van der Waals surface area (Å²) in [4.78, 5) is 24.1. The van der Waals surface area contributed by atoms with Crippen LogP contribution in [0.5, 0.6) is 5.75 Å². The van der Waals surface area contributed by atoms with E-state index >= 15 is 0 Å². The van der Waals surface area contributed by atoms with Gasteiger partial charge in [0.1, 0.15) is 22.0 Å². The fraction of sp³-hybridized carbons (Fsp3) is 0.333. The maximum atomic E-state index is 12.9. The van der Waals surface area contributed by atoms with Crippen LogP contribution in [0.2, 0.25) is 0 Å². The molecular formula is C18H21NO7S. The van der Waals surface area contributed by atoms with Crippen LogP contribution in [-0.2, 0) is 14.8 Å². The maximum Gasteiger partial charge on any atom is 0.344 e. The van der Waals surface area contributed by atoms with Gasteiger partial charge in [-0.15, -0.1) is 0 Å². The SMILES string of the molecule is CCOC(=O)c1c(NS(=O)(=O)c2cc(C)ccc2OC)oc(C)c1C(C)=O. The first-order valence-electron chi connectivity index (χ1n) is 8.11. The summed E-state index contributed by atoms with van der Waals surface area (Å²) in [5.41, 5.74) is 0.418. The molecule has 0 amide bonds. The van der Waals surface area contributed by atoms with E-state index in [0.717, 1.165) is 0 Å². The molecule has 1 aromatic heterocycles. The second-order valence-electron chi connectivity index (χ2n) is 5.77. The molecule has 27 heavy (non-hydrogen) atoms. The van der Waals surface area contributed by atoms with Gasteiger partial charge in [-0.1, -0.05) is 6.07 Å². The highest BCUT2D eigenvalue weighted by Crippen LogP contribution is 2.32. The third kappa shape index (κ3) is 4.13. The topological polar surface area (TPSA) is 112 Å². The van der Waals surface area contributed by atoms with Crippen LogP contribution in [0.25, 0.3) is 0 Å². The van der Waals surface area contributed by atoms with E-state index in [4.69, 9.17) is 13.9 Å². The van der Waals surface area contributed by atoms with Crippen molar-refractivity contribution in [3.8, 4) is 5.75 Å². The Hall–Kier alpha value is -2.81. The number of hydrogen-bond donors (Lipinski definition) is 1. The molecule has 0 radical (unpaired) electrons. The van der Waals surface area contributed by atoms with Crippen molar-refractivity contribution < 1.29 is 31.9 Å². The number of furan rings is 1. The minimum Gasteiger partial charge on any atom is -0.495 e. The number of Topliss-reactive ketones (excluding diaryl/α,β-unsaturated/α-hetero) is 1. The molecule has 146 valence electrons. The van der Waals surface area contributed by atoms with Gasteiger partial charge in [-0.3, -0.25) is 4.79 Å². The summed E-state index contributed by atoms with van der Waals surface area (Å²) in [5, 5.41) is 0. The average molecular weight is 395 g/mol. The number of benzene rings is 1. The Balaban J connectivity index is 2.60. The lowest BCUT2D eigenvalue weighted by Crippen LogP contribution is -2.17. The van der Waals surface area contributed by atoms with Gasteiger partial charge in [0.15, 0.2) is 5.78 Å². The van der Waals surface area contributed by atoms with Gasteiger partial charge in [-0.25, -0.2) is 17.9 Å². The fourth-order valence-corrected chi connectivity index (χ4v) is 3.86. The largest absolute Gasteiger partial charge is 0.495 e. The smallest absolute Gasteiger partial charge is 0.344 e. The van der Waals surface area contributed by atoms with Gasteiger partial charge in [-0.2, -0.15) is 0 Å². The van der Waals surface area contributed by atoms with Gasteiger partial charge in [0, 0.05) is 0 Å². The number of carbonyl (C=O) groups is 2. The van der Waals surface area contributed by atoms with E-state index < -0.39 is 21.8 Å². The van der Waals surface area contributed by atoms with Gasteiger partial charge in [-0.05, 0) is 45.4 Å². The van der Waals surface area contributed by atoms with Crippen LogP contribution in [0.3, 0.4) is 0 Å². The maximum absolute atomic E-state index is 12.9. The Bertz CT molecular complexity index is 989. The molecule has 1 heterocycles. The summed E-state index contributed by atoms with van der Waals surface area (Å²) in [5.74, 6) is -1.44. The first-order chi connectivity index (χ1) is 12.6. The predicted molar refractivity (Wildman–Crippen MR) is 97.9 cm³/mol. The molecule has 8 nitrogen and oxygen atoms in total. The molecule has 0 aliphatic rings. The Morgan fingerprint density at radius 2 is 1.85 bits per heavy atom. The van der Waals surface area contributed by atoms with Gasteiger partial charge < -0.3 is 13.9 Å². The average Bonchev–Trinajstić information content (AvgIpc) is 2.90. The summed E-state index contributed by atoms with van der Waals surface area (Å²) in [6.07, 6.45) is 0. The monoisotopic (exact) mass is 395 g/mol. The summed E-state index contributed by atoms with van der Waals surface area (Å²) >= 11 is 0. The molecule has 0 unspecified atom stereocenters. The summed E-state index contributed by atoms with van der Waals surface area (Å²) in [6.45, 7) is 6.10. The van der Waals surface area contributed by atoms with Gasteiger partial charge in [0.25, 0.3) is 10.0 Å². The lowest BCUT2D eigenvalue weighted by Gasteiger charge is -2.12. The molecule has 1 aromatic carbocycles. The number of carbonyl (C=O) groups excluding carboxylic acids is 2. The van der Waals surface area contributed by atoms with Crippen molar-refractivity contribution in [3.63, 3.8) is 0 Å². The van der Waals surface area contributed by atoms with Crippen molar-refractivity contribution >= 4 is 27.7 Å². The minimum absolute atomic E-state index is 0.0256. The molecule has 0 saturated carbocycles. The molecule has 9 heteroatoms. The summed E-state index contributed by atoms with van der Waals surface area (Å²) < 4.78 is 43.4. The lowest BCUT2D eigenvalue weighted by molar-refractivity contribution is 0.0524. The molecule has 0 aliphatic carbocycles. The number of esters is 1. The second kappa shape index (κ2) is 7.83. The quantitative estimate of drug-likeness (QED) is 0.566. The molecular weight excluding hydrogens is 374 g/mol. The van der Waals surface area contributed by atoms with Gasteiger partial charge in [0.05, 0.1) is 19.3 Å². The summed E-state index contributed by atoms with van der Waals surface area (Å²) in [6, 6.07) is 4.64. The molecule has 2 rings (SSSR count). The third-order valence-electron chi connectivity index (χ3n) is 3.75. The Morgan fingerprint density at radius 3 is 2.41 bits per heavy atom. The number of ether oxygens (including phenoxy) is 2.